The van der Waals surface area contributed by atoms with Crippen LogP contribution in [0.25, 0.3) is 0 Å². The predicted octanol–water partition coefficient (Wildman–Crippen LogP) is 3.61. The highest BCUT2D eigenvalue weighted by molar-refractivity contribution is 7.92. The van der Waals surface area contributed by atoms with E-state index >= 15 is 0 Å². The van der Waals surface area contributed by atoms with E-state index in [1.54, 1.807) is 30.3 Å². The number of aryl methyl sites for hydroxylation is 1. The van der Waals surface area contributed by atoms with Gasteiger partial charge in [0.1, 0.15) is 6.54 Å². The van der Waals surface area contributed by atoms with Crippen LogP contribution < -0.4 is 4.31 Å². The van der Waals surface area contributed by atoms with Gasteiger partial charge in [-0.3, -0.25) is 9.10 Å². The molecular formula is C15H13Cl2NO3S. The van der Waals surface area contributed by atoms with Gasteiger partial charge in [0, 0.05) is 5.02 Å². The van der Waals surface area contributed by atoms with E-state index in [0.717, 1.165) is 9.87 Å². The van der Waals surface area contributed by atoms with Crippen LogP contribution in [0.4, 0.5) is 5.69 Å². The summed E-state index contributed by atoms with van der Waals surface area (Å²) in [6.45, 7) is 1.38. The van der Waals surface area contributed by atoms with Crippen molar-refractivity contribution in [3.8, 4) is 0 Å². The quantitative estimate of drug-likeness (QED) is 0.768. The van der Waals surface area contributed by atoms with Gasteiger partial charge < -0.3 is 0 Å². The number of halogens is 2. The lowest BCUT2D eigenvalue weighted by Crippen LogP contribution is -2.34. The monoisotopic (exact) mass is 357 g/mol. The summed E-state index contributed by atoms with van der Waals surface area (Å²) < 4.78 is 26.5. The van der Waals surface area contributed by atoms with Crippen LogP contribution in [0.5, 0.6) is 0 Å². The third-order valence-corrected chi connectivity index (χ3v) is 5.12. The zero-order valence-corrected chi connectivity index (χ0v) is 14.0. The maximum Gasteiger partial charge on any atom is 0.264 e. The number of hydrogen-bond acceptors (Lipinski definition) is 3. The molecular weight excluding hydrogens is 345 g/mol. The predicted molar refractivity (Wildman–Crippen MR) is 88.0 cm³/mol. The van der Waals surface area contributed by atoms with Gasteiger partial charge in [0.05, 0.1) is 10.6 Å². The molecule has 0 aromatic heterocycles. The van der Waals surface area contributed by atoms with Gasteiger partial charge in [-0.2, -0.15) is 0 Å². The number of carbonyl (C=O) groups excluding carboxylic acids is 1. The lowest BCUT2D eigenvalue weighted by atomic mass is 10.2. The van der Waals surface area contributed by atoms with Gasteiger partial charge in [-0.15, -0.1) is 0 Å². The molecule has 0 aliphatic carbocycles. The highest BCUT2D eigenvalue weighted by Gasteiger charge is 2.26. The molecule has 0 fully saturated rings. The van der Waals surface area contributed by atoms with Crippen molar-refractivity contribution in [2.75, 3.05) is 10.8 Å². The number of rotatable bonds is 5. The molecule has 2 aromatic rings. The summed E-state index contributed by atoms with van der Waals surface area (Å²) in [6.07, 6.45) is 0. The van der Waals surface area contributed by atoms with Crippen LogP contribution in [0.3, 0.4) is 0 Å². The fourth-order valence-electron chi connectivity index (χ4n) is 1.90. The van der Waals surface area contributed by atoms with Crippen molar-refractivity contribution in [1.82, 2.24) is 0 Å². The highest BCUT2D eigenvalue weighted by atomic mass is 35.5. The van der Waals surface area contributed by atoms with Crippen molar-refractivity contribution < 1.29 is 13.2 Å². The van der Waals surface area contributed by atoms with Gasteiger partial charge in [-0.05, 0) is 48.9 Å². The van der Waals surface area contributed by atoms with Gasteiger partial charge in [-0.1, -0.05) is 35.4 Å². The zero-order valence-electron chi connectivity index (χ0n) is 11.7. The summed E-state index contributed by atoms with van der Waals surface area (Å²) in [6, 6.07) is 12.6. The van der Waals surface area contributed by atoms with E-state index in [-0.39, 0.29) is 10.6 Å². The second kappa shape index (κ2) is 6.69. The van der Waals surface area contributed by atoms with Crippen molar-refractivity contribution in [3.05, 3.63) is 59.1 Å². The first-order chi connectivity index (χ1) is 10.3. The molecule has 0 spiro atoms. The van der Waals surface area contributed by atoms with E-state index in [1.807, 2.05) is 6.92 Å². The number of nitrogens with zero attached hydrogens (tertiary/aromatic N) is 1. The average Bonchev–Trinajstić information content (AvgIpc) is 2.45. The first kappa shape index (κ1) is 16.8. The fourth-order valence-corrected chi connectivity index (χ4v) is 3.68. The molecule has 0 heterocycles. The number of benzene rings is 2. The van der Waals surface area contributed by atoms with Crippen molar-refractivity contribution in [2.45, 2.75) is 11.8 Å². The smallest absolute Gasteiger partial charge is 0.264 e. The van der Waals surface area contributed by atoms with Crippen molar-refractivity contribution >= 4 is 44.2 Å². The van der Waals surface area contributed by atoms with Crippen LogP contribution in [0.2, 0.25) is 5.02 Å². The minimum atomic E-state index is -3.91. The van der Waals surface area contributed by atoms with E-state index in [2.05, 4.69) is 0 Å². The van der Waals surface area contributed by atoms with Crippen LogP contribution in [0.1, 0.15) is 5.56 Å². The molecule has 0 saturated carbocycles. The molecule has 0 amide bonds. The maximum atomic E-state index is 12.8. The van der Waals surface area contributed by atoms with Gasteiger partial charge in [0.2, 0.25) is 5.24 Å². The van der Waals surface area contributed by atoms with Crippen molar-refractivity contribution in [1.29, 1.82) is 0 Å². The summed E-state index contributed by atoms with van der Waals surface area (Å²) in [7, 11) is -3.91. The largest absolute Gasteiger partial charge is 0.279 e. The highest BCUT2D eigenvalue weighted by Crippen LogP contribution is 2.26. The first-order valence-electron chi connectivity index (χ1n) is 6.34. The van der Waals surface area contributed by atoms with Crippen molar-refractivity contribution in [3.63, 3.8) is 0 Å². The van der Waals surface area contributed by atoms with E-state index in [4.69, 9.17) is 23.2 Å². The molecule has 0 bridgehead atoms. The molecule has 7 heteroatoms. The summed E-state index contributed by atoms with van der Waals surface area (Å²) in [5, 5.41) is -0.417. The molecule has 22 heavy (non-hydrogen) atoms. The van der Waals surface area contributed by atoms with Crippen LogP contribution >= 0.6 is 23.2 Å². The second-order valence-corrected chi connectivity index (χ2v) is 7.38. The Morgan fingerprint density at radius 1 is 1.14 bits per heavy atom. The van der Waals surface area contributed by atoms with Gasteiger partial charge >= 0.3 is 0 Å². The maximum absolute atomic E-state index is 12.8. The molecule has 0 atom stereocenters. The molecule has 0 saturated heterocycles. The topological polar surface area (TPSA) is 54.5 Å². The fraction of sp³-hybridized carbons (Fsp3) is 0.133. The zero-order chi connectivity index (χ0) is 16.3. The average molecular weight is 358 g/mol. The molecule has 4 nitrogen and oxygen atoms in total. The molecule has 116 valence electrons. The Labute approximate surface area is 139 Å². The Balaban J connectivity index is 2.53. The number of carbonyl (C=O) groups is 1. The van der Waals surface area contributed by atoms with E-state index in [0.29, 0.717) is 5.02 Å². The molecule has 0 radical (unpaired) electrons. The standard InChI is InChI=1S/C15H13Cl2NO3S/c1-11-5-7-14(8-6-11)22(20,21)18(10-15(17)19)13-4-2-3-12(16)9-13/h2-9H,10H2,1H3. The van der Waals surface area contributed by atoms with Gasteiger partial charge in [0.15, 0.2) is 0 Å². The summed E-state index contributed by atoms with van der Waals surface area (Å²) in [4.78, 5) is 11.4. The summed E-state index contributed by atoms with van der Waals surface area (Å²) in [5.41, 5.74) is 1.21. The number of hydrogen-bond donors (Lipinski definition) is 0. The van der Waals surface area contributed by atoms with E-state index in [1.165, 1.54) is 18.2 Å². The Morgan fingerprint density at radius 2 is 1.77 bits per heavy atom. The lowest BCUT2D eigenvalue weighted by molar-refractivity contribution is -0.110. The van der Waals surface area contributed by atoms with E-state index in [9.17, 15) is 13.2 Å². The molecule has 0 N–H and O–H groups in total. The molecule has 0 unspecified atom stereocenters. The Kier molecular flexibility index (Phi) is 5.11. The van der Waals surface area contributed by atoms with Crippen LogP contribution in [-0.4, -0.2) is 20.2 Å². The van der Waals surface area contributed by atoms with Crippen LogP contribution in [-0.2, 0) is 14.8 Å². The summed E-state index contributed by atoms with van der Waals surface area (Å²) in [5.74, 6) is 0. The Bertz CT molecular complexity index is 789. The molecule has 0 aliphatic rings. The molecule has 2 rings (SSSR count). The Hall–Kier alpha value is -1.56. The second-order valence-electron chi connectivity index (χ2n) is 4.66. The normalized spacial score (nSPS) is 11.2. The molecule has 0 aliphatic heterocycles. The van der Waals surface area contributed by atoms with Gasteiger partial charge in [-0.25, -0.2) is 8.42 Å². The van der Waals surface area contributed by atoms with Crippen LogP contribution in [0, 0.1) is 6.92 Å². The number of sulfonamides is 1. The Morgan fingerprint density at radius 3 is 2.32 bits per heavy atom. The third kappa shape index (κ3) is 3.80. The third-order valence-electron chi connectivity index (χ3n) is 2.97. The number of anilines is 1. The van der Waals surface area contributed by atoms with Gasteiger partial charge in [0.25, 0.3) is 10.0 Å². The van der Waals surface area contributed by atoms with Crippen molar-refractivity contribution in [2.24, 2.45) is 0 Å². The minimum absolute atomic E-state index is 0.0796. The lowest BCUT2D eigenvalue weighted by Gasteiger charge is -2.23. The first-order valence-corrected chi connectivity index (χ1v) is 8.53. The van der Waals surface area contributed by atoms with Crippen LogP contribution in [0.15, 0.2) is 53.4 Å². The minimum Gasteiger partial charge on any atom is -0.279 e. The SMILES string of the molecule is Cc1ccc(S(=O)(=O)N(CC(=O)Cl)c2cccc(Cl)c2)cc1. The van der Waals surface area contributed by atoms with E-state index < -0.39 is 21.8 Å². The summed E-state index contributed by atoms with van der Waals surface area (Å²) >= 11 is 11.3. The molecule has 2 aromatic carbocycles.